The lowest BCUT2D eigenvalue weighted by molar-refractivity contribution is -0.152. The maximum Gasteiger partial charge on any atom is 0.356 e. The third-order valence-corrected chi connectivity index (χ3v) is 8.73. The van der Waals surface area contributed by atoms with Crippen LogP contribution in [0, 0.1) is 0 Å². The smallest absolute Gasteiger partial charge is 0.356 e. The van der Waals surface area contributed by atoms with E-state index in [4.69, 9.17) is 10.5 Å². The van der Waals surface area contributed by atoms with Crippen molar-refractivity contribution in [3.8, 4) is 0 Å². The van der Waals surface area contributed by atoms with Gasteiger partial charge in [-0.05, 0) is 23.3 Å². The molecule has 6 rings (SSSR count). The summed E-state index contributed by atoms with van der Waals surface area (Å²) in [5.41, 5.74) is 9.65. The second kappa shape index (κ2) is 10.4. The quantitative estimate of drug-likeness (QED) is 0.246. The molecule has 3 N–H and O–H groups in total. The Hall–Kier alpha value is -3.92. The van der Waals surface area contributed by atoms with Crippen LogP contribution < -0.4 is 11.1 Å². The molecule has 9 heteroatoms. The lowest BCUT2D eigenvalue weighted by Gasteiger charge is -2.48. The van der Waals surface area contributed by atoms with E-state index in [1.165, 1.54) is 16.2 Å². The first kappa shape index (κ1) is 24.4. The lowest BCUT2D eigenvalue weighted by Crippen LogP contribution is -2.68. The SMILES string of the molecule is NC1C(=O)N2C(C(=O)OC(c3ccccc3)c3ccccc3)=C(c3cnc(Nc4ccccc4)s3)CSC12. The number of carbonyl (C=O) groups is 2. The second-order valence-corrected chi connectivity index (χ2v) is 11.0. The molecule has 3 heterocycles. The maximum atomic E-state index is 13.9. The van der Waals surface area contributed by atoms with E-state index < -0.39 is 18.1 Å². The lowest BCUT2D eigenvalue weighted by atomic mass is 10.0. The number of ether oxygens (including phenoxy) is 1. The molecule has 1 amide bonds. The van der Waals surface area contributed by atoms with Crippen LogP contribution in [0.25, 0.3) is 5.57 Å². The van der Waals surface area contributed by atoms with Crippen molar-refractivity contribution in [1.82, 2.24) is 9.88 Å². The number of β-lactam (4-membered cyclic amide) rings is 1. The maximum absolute atomic E-state index is 13.9. The van der Waals surface area contributed by atoms with E-state index in [0.717, 1.165) is 27.3 Å². The first-order valence-corrected chi connectivity index (χ1v) is 14.0. The Morgan fingerprint density at radius 2 is 1.58 bits per heavy atom. The number of nitrogens with two attached hydrogens (primary N) is 1. The zero-order valence-electron chi connectivity index (χ0n) is 20.2. The van der Waals surface area contributed by atoms with Gasteiger partial charge in [0.2, 0.25) is 5.91 Å². The van der Waals surface area contributed by atoms with Crippen molar-refractivity contribution in [3.05, 3.63) is 119 Å². The van der Waals surface area contributed by atoms with Gasteiger partial charge in [0, 0.05) is 23.2 Å². The molecule has 0 radical (unpaired) electrons. The van der Waals surface area contributed by atoms with Gasteiger partial charge in [-0.25, -0.2) is 9.78 Å². The summed E-state index contributed by atoms with van der Waals surface area (Å²) in [4.78, 5) is 33.6. The summed E-state index contributed by atoms with van der Waals surface area (Å²) in [6.45, 7) is 0. The Balaban J connectivity index is 1.37. The minimum Gasteiger partial charge on any atom is -0.448 e. The highest BCUT2D eigenvalue weighted by atomic mass is 32.2. The summed E-state index contributed by atoms with van der Waals surface area (Å²) >= 11 is 2.97. The fraction of sp³-hybridized carbons (Fsp3) is 0.138. The number of hydrogen-bond donors (Lipinski definition) is 2. The Kier molecular flexibility index (Phi) is 6.71. The summed E-state index contributed by atoms with van der Waals surface area (Å²) in [6, 6.07) is 28.3. The Labute approximate surface area is 228 Å². The molecule has 2 aliphatic heterocycles. The number of hydrogen-bond acceptors (Lipinski definition) is 8. The van der Waals surface area contributed by atoms with Crippen LogP contribution in [0.15, 0.2) is 103 Å². The van der Waals surface area contributed by atoms with Gasteiger partial charge in [-0.1, -0.05) is 90.2 Å². The summed E-state index contributed by atoms with van der Waals surface area (Å²) in [6.07, 6.45) is 1.10. The van der Waals surface area contributed by atoms with E-state index in [9.17, 15) is 9.59 Å². The van der Waals surface area contributed by atoms with Gasteiger partial charge in [0.05, 0.1) is 4.88 Å². The molecular weight excluding hydrogens is 516 g/mol. The number of amides is 1. The molecule has 0 spiro atoms. The molecule has 7 nitrogen and oxygen atoms in total. The van der Waals surface area contributed by atoms with E-state index in [1.54, 1.807) is 18.0 Å². The first-order valence-electron chi connectivity index (χ1n) is 12.1. The van der Waals surface area contributed by atoms with Crippen molar-refractivity contribution >= 4 is 51.4 Å². The largest absolute Gasteiger partial charge is 0.448 e. The zero-order valence-corrected chi connectivity index (χ0v) is 21.8. The summed E-state index contributed by atoms with van der Waals surface area (Å²) in [5, 5.41) is 3.69. The molecule has 2 aliphatic rings. The van der Waals surface area contributed by atoms with E-state index in [0.29, 0.717) is 10.9 Å². The number of esters is 1. The number of rotatable bonds is 7. The van der Waals surface area contributed by atoms with Crippen LogP contribution in [-0.2, 0) is 14.3 Å². The number of para-hydroxylation sites is 1. The molecule has 190 valence electrons. The van der Waals surface area contributed by atoms with E-state index >= 15 is 0 Å². The van der Waals surface area contributed by atoms with E-state index in [-0.39, 0.29) is 17.0 Å². The number of nitrogens with one attached hydrogen (secondary N) is 1. The highest BCUT2D eigenvalue weighted by Crippen LogP contribution is 2.45. The number of fused-ring (bicyclic) bond motifs is 1. The van der Waals surface area contributed by atoms with Crippen molar-refractivity contribution in [2.24, 2.45) is 5.73 Å². The highest BCUT2D eigenvalue weighted by molar-refractivity contribution is 8.00. The number of nitrogens with zero attached hydrogens (tertiary/aromatic N) is 2. The molecule has 2 unspecified atom stereocenters. The number of anilines is 2. The number of thioether (sulfide) groups is 1. The van der Waals surface area contributed by atoms with Gasteiger partial charge in [-0.3, -0.25) is 9.69 Å². The molecule has 3 aromatic carbocycles. The predicted molar refractivity (Wildman–Crippen MR) is 151 cm³/mol. The number of carbonyl (C=O) groups excluding carboxylic acids is 2. The van der Waals surface area contributed by atoms with Crippen molar-refractivity contribution in [1.29, 1.82) is 0 Å². The van der Waals surface area contributed by atoms with Crippen LogP contribution in [0.2, 0.25) is 0 Å². The van der Waals surface area contributed by atoms with Gasteiger partial charge in [-0.2, -0.15) is 0 Å². The minimum atomic E-state index is -0.639. The fourth-order valence-electron chi connectivity index (χ4n) is 4.56. The number of aromatic nitrogens is 1. The van der Waals surface area contributed by atoms with Crippen LogP contribution >= 0.6 is 23.1 Å². The zero-order chi connectivity index (χ0) is 26.1. The van der Waals surface area contributed by atoms with Gasteiger partial charge in [0.1, 0.15) is 17.1 Å². The van der Waals surface area contributed by atoms with Crippen LogP contribution in [0.5, 0.6) is 0 Å². The Morgan fingerprint density at radius 3 is 2.21 bits per heavy atom. The third kappa shape index (κ3) is 4.60. The van der Waals surface area contributed by atoms with Crippen LogP contribution in [-0.4, -0.2) is 38.9 Å². The van der Waals surface area contributed by atoms with Gasteiger partial charge in [-0.15, -0.1) is 11.8 Å². The molecule has 1 saturated heterocycles. The molecule has 1 aromatic heterocycles. The standard InChI is InChI=1S/C29H24N4O3S2/c30-23-26(34)33-24(28(35)36-25(18-10-4-1-5-11-18)19-12-6-2-7-13-19)21(17-37-27(23)33)22-16-31-29(38-22)32-20-14-8-3-9-15-20/h1-16,23,25,27H,17,30H2,(H,31,32). The monoisotopic (exact) mass is 540 g/mol. The van der Waals surface area contributed by atoms with Crippen molar-refractivity contribution in [2.75, 3.05) is 11.1 Å². The molecule has 38 heavy (non-hydrogen) atoms. The van der Waals surface area contributed by atoms with Crippen LogP contribution in [0.1, 0.15) is 22.1 Å². The predicted octanol–water partition coefficient (Wildman–Crippen LogP) is 5.17. The molecule has 4 aromatic rings. The summed E-state index contributed by atoms with van der Waals surface area (Å²) < 4.78 is 6.18. The molecule has 1 fully saturated rings. The van der Waals surface area contributed by atoms with Gasteiger partial charge in [0.25, 0.3) is 0 Å². The molecule has 0 saturated carbocycles. The molecule has 0 aliphatic carbocycles. The highest BCUT2D eigenvalue weighted by Gasteiger charge is 2.52. The van der Waals surface area contributed by atoms with Crippen molar-refractivity contribution < 1.29 is 14.3 Å². The van der Waals surface area contributed by atoms with Crippen LogP contribution in [0.3, 0.4) is 0 Å². The van der Waals surface area contributed by atoms with Crippen molar-refractivity contribution in [2.45, 2.75) is 17.5 Å². The summed E-state index contributed by atoms with van der Waals surface area (Å²) in [5.74, 6) is -0.329. The molecular formula is C29H24N4O3S2. The molecule has 2 atom stereocenters. The first-order chi connectivity index (χ1) is 18.6. The van der Waals surface area contributed by atoms with Gasteiger partial charge in [0.15, 0.2) is 11.2 Å². The number of benzene rings is 3. The minimum absolute atomic E-state index is 0.243. The topological polar surface area (TPSA) is 97.6 Å². The average molecular weight is 541 g/mol. The Morgan fingerprint density at radius 1 is 0.974 bits per heavy atom. The van der Waals surface area contributed by atoms with Gasteiger partial charge < -0.3 is 15.8 Å². The second-order valence-electron chi connectivity index (χ2n) is 8.89. The van der Waals surface area contributed by atoms with E-state index in [1.807, 2.05) is 91.0 Å². The van der Waals surface area contributed by atoms with Crippen molar-refractivity contribution in [3.63, 3.8) is 0 Å². The molecule has 0 bridgehead atoms. The normalized spacial score (nSPS) is 18.7. The summed E-state index contributed by atoms with van der Waals surface area (Å²) in [7, 11) is 0. The van der Waals surface area contributed by atoms with E-state index in [2.05, 4.69) is 10.3 Å². The van der Waals surface area contributed by atoms with Gasteiger partial charge >= 0.3 is 5.97 Å². The average Bonchev–Trinajstić information content (AvgIpc) is 3.44. The van der Waals surface area contributed by atoms with Crippen LogP contribution in [0.4, 0.5) is 10.8 Å². The third-order valence-electron chi connectivity index (χ3n) is 6.46. The number of thiazole rings is 1. The Bertz CT molecular complexity index is 1450. The fourth-order valence-corrected chi connectivity index (χ4v) is 6.84.